The van der Waals surface area contributed by atoms with E-state index >= 15 is 0 Å². The Hall–Kier alpha value is -0.120. The van der Waals surface area contributed by atoms with Crippen molar-refractivity contribution >= 4 is 0 Å². The van der Waals surface area contributed by atoms with Crippen LogP contribution in [0.3, 0.4) is 0 Å². The van der Waals surface area contributed by atoms with Gasteiger partial charge in [-0.25, -0.2) is 0 Å². The quantitative estimate of drug-likeness (QED) is 0.292. The lowest BCUT2D eigenvalue weighted by Crippen LogP contribution is -2.60. The third-order valence-electron chi connectivity index (χ3n) is 5.31. The Morgan fingerprint density at radius 1 is 1.00 bits per heavy atom. The molecule has 1 rings (SSSR count). The van der Waals surface area contributed by atoms with Crippen molar-refractivity contribution in [3.05, 3.63) is 0 Å². The van der Waals surface area contributed by atoms with Crippen molar-refractivity contribution in [2.75, 3.05) is 14.1 Å². The van der Waals surface area contributed by atoms with Crippen LogP contribution in [0.25, 0.3) is 0 Å². The highest BCUT2D eigenvalue weighted by molar-refractivity contribution is 4.98. The molecule has 1 atom stereocenters. The molecule has 0 bridgehead atoms. The summed E-state index contributed by atoms with van der Waals surface area (Å²) >= 11 is 0. The van der Waals surface area contributed by atoms with Gasteiger partial charge in [0.15, 0.2) is 0 Å². The van der Waals surface area contributed by atoms with Crippen LogP contribution >= 0.6 is 0 Å². The minimum atomic E-state index is 0.274. The van der Waals surface area contributed by atoms with Crippen LogP contribution in [0.15, 0.2) is 0 Å². The van der Waals surface area contributed by atoms with Crippen LogP contribution in [0.1, 0.15) is 84.0 Å². The van der Waals surface area contributed by atoms with E-state index in [1.807, 2.05) is 0 Å². The Labute approximate surface area is 126 Å². The van der Waals surface area contributed by atoms with Crippen LogP contribution < -0.4 is 11.3 Å². The van der Waals surface area contributed by atoms with Gasteiger partial charge in [-0.15, -0.1) is 0 Å². The van der Waals surface area contributed by atoms with Crippen molar-refractivity contribution in [1.82, 2.24) is 10.3 Å². The lowest BCUT2D eigenvalue weighted by atomic mass is 9.79. The Morgan fingerprint density at radius 3 is 2.10 bits per heavy atom. The fraction of sp³-hybridized carbons (Fsp3) is 1.00. The van der Waals surface area contributed by atoms with Gasteiger partial charge in [-0.3, -0.25) is 11.3 Å². The SMILES string of the molecule is CCCCCCCC(NN)C1(N(C)C)CCCCCC1. The number of hydrogen-bond donors (Lipinski definition) is 2. The molecule has 3 nitrogen and oxygen atoms in total. The second-order valence-electron chi connectivity index (χ2n) is 6.83. The van der Waals surface area contributed by atoms with Gasteiger partial charge in [-0.1, -0.05) is 64.7 Å². The fourth-order valence-electron chi connectivity index (χ4n) is 3.91. The van der Waals surface area contributed by atoms with Crippen LogP contribution in [0.4, 0.5) is 0 Å². The van der Waals surface area contributed by atoms with Crippen LogP contribution in [-0.4, -0.2) is 30.6 Å². The van der Waals surface area contributed by atoms with Gasteiger partial charge >= 0.3 is 0 Å². The predicted octanol–water partition coefficient (Wildman–Crippen LogP) is 3.83. The molecule has 1 aliphatic carbocycles. The molecule has 0 radical (unpaired) electrons. The average molecular weight is 284 g/mol. The number of nitrogens with two attached hydrogens (primary N) is 1. The third kappa shape index (κ3) is 5.01. The van der Waals surface area contributed by atoms with Gasteiger partial charge in [-0.2, -0.15) is 0 Å². The molecule has 0 heterocycles. The first-order chi connectivity index (χ1) is 9.67. The maximum absolute atomic E-state index is 5.94. The summed E-state index contributed by atoms with van der Waals surface area (Å²) in [5.41, 5.74) is 3.44. The Bertz CT molecular complexity index is 232. The highest BCUT2D eigenvalue weighted by Crippen LogP contribution is 2.35. The summed E-state index contributed by atoms with van der Waals surface area (Å²) in [5, 5.41) is 0. The van der Waals surface area contributed by atoms with Crippen LogP contribution in [0, 0.1) is 0 Å². The predicted molar refractivity (Wildman–Crippen MR) is 88.6 cm³/mol. The molecule has 1 aliphatic rings. The molecular weight excluding hydrogens is 246 g/mol. The summed E-state index contributed by atoms with van der Waals surface area (Å²) in [6, 6.07) is 0.442. The van der Waals surface area contributed by atoms with E-state index in [1.54, 1.807) is 0 Å². The number of nitrogens with one attached hydrogen (secondary N) is 1. The highest BCUT2D eigenvalue weighted by Gasteiger charge is 2.39. The van der Waals surface area contributed by atoms with Gasteiger partial charge in [0.2, 0.25) is 0 Å². The van der Waals surface area contributed by atoms with Crippen molar-refractivity contribution < 1.29 is 0 Å². The minimum Gasteiger partial charge on any atom is -0.302 e. The van der Waals surface area contributed by atoms with E-state index in [2.05, 4.69) is 31.3 Å². The highest BCUT2D eigenvalue weighted by atomic mass is 15.3. The van der Waals surface area contributed by atoms with Gasteiger partial charge in [-0.05, 0) is 33.4 Å². The molecule has 1 unspecified atom stereocenters. The van der Waals surface area contributed by atoms with Crippen molar-refractivity contribution in [2.45, 2.75) is 95.6 Å². The second kappa shape index (κ2) is 9.75. The van der Waals surface area contributed by atoms with Gasteiger partial charge < -0.3 is 4.90 Å². The summed E-state index contributed by atoms with van der Waals surface area (Å²) in [4.78, 5) is 2.45. The number of unbranched alkanes of at least 4 members (excludes halogenated alkanes) is 4. The van der Waals surface area contributed by atoms with E-state index in [-0.39, 0.29) is 5.54 Å². The zero-order valence-electron chi connectivity index (χ0n) is 14.1. The number of likely N-dealkylation sites (N-methyl/N-ethyl adjacent to an activating group) is 1. The van der Waals surface area contributed by atoms with Gasteiger partial charge in [0.05, 0.1) is 0 Å². The molecule has 0 aliphatic heterocycles. The van der Waals surface area contributed by atoms with Gasteiger partial charge in [0.1, 0.15) is 0 Å². The first kappa shape index (κ1) is 17.9. The van der Waals surface area contributed by atoms with Crippen LogP contribution in [-0.2, 0) is 0 Å². The average Bonchev–Trinajstić information content (AvgIpc) is 2.69. The summed E-state index contributed by atoms with van der Waals surface area (Å²) in [7, 11) is 4.49. The van der Waals surface area contributed by atoms with E-state index in [0.717, 1.165) is 0 Å². The Balaban J connectivity index is 2.56. The normalized spacial score (nSPS) is 20.9. The number of hydrazine groups is 1. The first-order valence-electron chi connectivity index (χ1n) is 8.81. The molecule has 0 aromatic carbocycles. The molecule has 0 saturated heterocycles. The molecule has 20 heavy (non-hydrogen) atoms. The number of nitrogens with zero attached hydrogens (tertiary/aromatic N) is 1. The molecule has 1 fully saturated rings. The molecule has 120 valence electrons. The van der Waals surface area contributed by atoms with Crippen molar-refractivity contribution in [3.8, 4) is 0 Å². The Morgan fingerprint density at radius 2 is 1.60 bits per heavy atom. The van der Waals surface area contributed by atoms with Crippen molar-refractivity contribution in [1.29, 1.82) is 0 Å². The van der Waals surface area contributed by atoms with E-state index in [4.69, 9.17) is 5.84 Å². The van der Waals surface area contributed by atoms with E-state index in [9.17, 15) is 0 Å². The van der Waals surface area contributed by atoms with Crippen molar-refractivity contribution in [2.24, 2.45) is 5.84 Å². The molecule has 0 aromatic rings. The van der Waals surface area contributed by atoms with E-state index in [0.29, 0.717) is 6.04 Å². The molecule has 0 amide bonds. The van der Waals surface area contributed by atoms with Crippen LogP contribution in [0.5, 0.6) is 0 Å². The first-order valence-corrected chi connectivity index (χ1v) is 8.81. The monoisotopic (exact) mass is 283 g/mol. The summed E-state index contributed by atoms with van der Waals surface area (Å²) in [6.07, 6.45) is 16.0. The molecule has 0 spiro atoms. The maximum Gasteiger partial charge on any atom is 0.0394 e. The second-order valence-corrected chi connectivity index (χ2v) is 6.83. The molecule has 1 saturated carbocycles. The van der Waals surface area contributed by atoms with Gasteiger partial charge in [0, 0.05) is 11.6 Å². The van der Waals surface area contributed by atoms with Crippen LogP contribution in [0.2, 0.25) is 0 Å². The summed E-state index contributed by atoms with van der Waals surface area (Å²) < 4.78 is 0. The maximum atomic E-state index is 5.94. The minimum absolute atomic E-state index is 0.274. The lowest BCUT2D eigenvalue weighted by Gasteiger charge is -2.45. The molecule has 0 aromatic heterocycles. The summed E-state index contributed by atoms with van der Waals surface area (Å²) in [5.74, 6) is 5.94. The van der Waals surface area contributed by atoms with E-state index in [1.165, 1.54) is 77.0 Å². The molecular formula is C17H37N3. The zero-order valence-corrected chi connectivity index (χ0v) is 14.1. The largest absolute Gasteiger partial charge is 0.302 e. The van der Waals surface area contributed by atoms with E-state index < -0.39 is 0 Å². The fourth-order valence-corrected chi connectivity index (χ4v) is 3.91. The topological polar surface area (TPSA) is 41.3 Å². The molecule has 3 heteroatoms. The zero-order chi connectivity index (χ0) is 14.8. The smallest absolute Gasteiger partial charge is 0.0394 e. The standard InChI is InChI=1S/C17H37N3/c1-4-5-6-7-10-13-16(19-18)17(20(2)3)14-11-8-9-12-15-17/h16,19H,4-15,18H2,1-3H3. The molecule has 3 N–H and O–H groups in total. The third-order valence-corrected chi connectivity index (χ3v) is 5.31. The van der Waals surface area contributed by atoms with Gasteiger partial charge in [0.25, 0.3) is 0 Å². The number of hydrogen-bond acceptors (Lipinski definition) is 3. The Kier molecular flexibility index (Phi) is 8.74. The van der Waals surface area contributed by atoms with Crippen molar-refractivity contribution in [3.63, 3.8) is 0 Å². The lowest BCUT2D eigenvalue weighted by molar-refractivity contribution is 0.0750. The summed E-state index contributed by atoms with van der Waals surface area (Å²) in [6.45, 7) is 2.27. The number of rotatable bonds is 9.